The lowest BCUT2D eigenvalue weighted by Gasteiger charge is -2.36. The zero-order valence-electron chi connectivity index (χ0n) is 18.1. The maximum atomic E-state index is 13.1. The number of benzene rings is 2. The summed E-state index contributed by atoms with van der Waals surface area (Å²) in [5.41, 5.74) is 3.79. The Labute approximate surface area is 187 Å². The lowest BCUT2D eigenvalue weighted by Crippen LogP contribution is -2.41. The number of fused-ring (bicyclic) bond motifs is 1. The number of nitrogens with one attached hydrogen (secondary N) is 1. The van der Waals surface area contributed by atoms with E-state index in [1.54, 1.807) is 6.92 Å². The van der Waals surface area contributed by atoms with E-state index in [9.17, 15) is 18.5 Å². The van der Waals surface area contributed by atoms with Gasteiger partial charge in [-0.1, -0.05) is 30.3 Å². The zero-order chi connectivity index (χ0) is 22.9. The Morgan fingerprint density at radius 2 is 1.88 bits per heavy atom. The Balaban J connectivity index is 1.61. The Hall–Kier alpha value is -3.01. The van der Waals surface area contributed by atoms with Gasteiger partial charge in [-0.25, -0.2) is 13.1 Å². The molecule has 0 aliphatic carbocycles. The Morgan fingerprint density at radius 3 is 2.56 bits per heavy atom. The van der Waals surface area contributed by atoms with Crippen LogP contribution in [0.2, 0.25) is 0 Å². The van der Waals surface area contributed by atoms with Crippen molar-refractivity contribution >= 4 is 15.7 Å². The molecule has 0 radical (unpaired) electrons. The summed E-state index contributed by atoms with van der Waals surface area (Å²) in [5.74, 6) is 0. The summed E-state index contributed by atoms with van der Waals surface area (Å²) in [6.45, 7) is 3.33. The molecule has 1 atom stereocenters. The Morgan fingerprint density at radius 1 is 1.12 bits per heavy atom. The average Bonchev–Trinajstić information content (AvgIpc) is 3.19. The molecule has 1 N–H and O–H groups in total. The van der Waals surface area contributed by atoms with Crippen LogP contribution < -0.4 is 4.72 Å². The molecule has 32 heavy (non-hydrogen) atoms. The van der Waals surface area contributed by atoms with Gasteiger partial charge in [0, 0.05) is 50.7 Å². The molecule has 4 rings (SSSR count). The third-order valence-electron chi connectivity index (χ3n) is 6.07. The van der Waals surface area contributed by atoms with Gasteiger partial charge < -0.3 is 4.57 Å². The summed E-state index contributed by atoms with van der Waals surface area (Å²) in [6.07, 6.45) is 2.84. The van der Waals surface area contributed by atoms with Gasteiger partial charge in [0.1, 0.15) is 0 Å². The molecule has 1 aromatic heterocycles. The van der Waals surface area contributed by atoms with E-state index in [0.717, 1.165) is 31.3 Å². The van der Waals surface area contributed by atoms with Crippen molar-refractivity contribution in [3.05, 3.63) is 93.3 Å². The van der Waals surface area contributed by atoms with Crippen molar-refractivity contribution in [1.82, 2.24) is 14.2 Å². The van der Waals surface area contributed by atoms with Crippen molar-refractivity contribution in [2.24, 2.45) is 7.05 Å². The van der Waals surface area contributed by atoms with Crippen molar-refractivity contribution in [1.29, 1.82) is 0 Å². The van der Waals surface area contributed by atoms with Gasteiger partial charge in [0.15, 0.2) is 0 Å². The lowest BCUT2D eigenvalue weighted by molar-refractivity contribution is -0.385. The molecule has 0 spiro atoms. The normalized spacial score (nSPS) is 15.3. The summed E-state index contributed by atoms with van der Waals surface area (Å²) >= 11 is 0. The molecule has 1 unspecified atom stereocenters. The minimum absolute atomic E-state index is 0.0682. The molecule has 0 saturated carbocycles. The highest BCUT2D eigenvalue weighted by molar-refractivity contribution is 7.89. The predicted octanol–water partition coefficient (Wildman–Crippen LogP) is 3.32. The number of rotatable bonds is 7. The average molecular weight is 455 g/mol. The fourth-order valence-electron chi connectivity index (χ4n) is 4.28. The number of nitro benzene ring substituents is 1. The third-order valence-corrected chi connectivity index (χ3v) is 7.63. The van der Waals surface area contributed by atoms with Gasteiger partial charge in [-0.2, -0.15) is 0 Å². The van der Waals surface area contributed by atoms with Crippen molar-refractivity contribution in [2.75, 3.05) is 13.1 Å². The largest absolute Gasteiger partial charge is 0.353 e. The number of nitro groups is 1. The van der Waals surface area contributed by atoms with Gasteiger partial charge in [0.2, 0.25) is 10.0 Å². The van der Waals surface area contributed by atoms with Gasteiger partial charge in [0.25, 0.3) is 5.69 Å². The second-order valence-electron chi connectivity index (χ2n) is 8.11. The second-order valence-corrected chi connectivity index (χ2v) is 9.84. The maximum Gasteiger partial charge on any atom is 0.270 e. The number of non-ortho nitro benzene ring substituents is 1. The van der Waals surface area contributed by atoms with Crippen LogP contribution in [-0.2, 0) is 30.0 Å². The van der Waals surface area contributed by atoms with Crippen LogP contribution >= 0.6 is 0 Å². The van der Waals surface area contributed by atoms with Crippen molar-refractivity contribution in [3.63, 3.8) is 0 Å². The van der Waals surface area contributed by atoms with Gasteiger partial charge >= 0.3 is 0 Å². The minimum atomic E-state index is -3.94. The first-order chi connectivity index (χ1) is 15.3. The van der Waals surface area contributed by atoms with Crippen LogP contribution in [0.25, 0.3) is 0 Å². The van der Waals surface area contributed by atoms with E-state index >= 15 is 0 Å². The molecule has 1 aliphatic heterocycles. The Bertz CT molecular complexity index is 1250. The molecule has 0 bridgehead atoms. The first kappa shape index (κ1) is 22.2. The van der Waals surface area contributed by atoms with E-state index in [0.29, 0.717) is 5.56 Å². The third kappa shape index (κ3) is 4.45. The maximum absolute atomic E-state index is 13.1. The topological polar surface area (TPSA) is 97.5 Å². The molecule has 0 fully saturated rings. The van der Waals surface area contributed by atoms with Crippen molar-refractivity contribution in [3.8, 4) is 0 Å². The zero-order valence-corrected chi connectivity index (χ0v) is 18.9. The first-order valence-electron chi connectivity index (χ1n) is 10.4. The van der Waals surface area contributed by atoms with Crippen molar-refractivity contribution in [2.45, 2.75) is 30.8 Å². The van der Waals surface area contributed by atoms with Crippen LogP contribution in [0, 0.1) is 17.0 Å². The molecular weight excluding hydrogens is 428 g/mol. The number of hydrogen-bond acceptors (Lipinski definition) is 5. The highest BCUT2D eigenvalue weighted by atomic mass is 32.2. The molecule has 0 amide bonds. The van der Waals surface area contributed by atoms with E-state index in [4.69, 9.17) is 0 Å². The van der Waals surface area contributed by atoms with Crippen LogP contribution in [0.3, 0.4) is 0 Å². The Kier molecular flexibility index (Phi) is 6.14. The van der Waals surface area contributed by atoms with E-state index < -0.39 is 14.9 Å². The van der Waals surface area contributed by atoms with Crippen LogP contribution in [-0.4, -0.2) is 35.9 Å². The lowest BCUT2D eigenvalue weighted by atomic mass is 9.98. The molecule has 2 heterocycles. The molecule has 8 nitrogen and oxygen atoms in total. The second kappa shape index (κ2) is 8.85. The van der Waals surface area contributed by atoms with Gasteiger partial charge in [-0.05, 0) is 42.2 Å². The highest BCUT2D eigenvalue weighted by Crippen LogP contribution is 2.29. The van der Waals surface area contributed by atoms with E-state index in [1.165, 1.54) is 23.3 Å². The number of aromatic nitrogens is 1. The van der Waals surface area contributed by atoms with E-state index in [2.05, 4.69) is 21.8 Å². The van der Waals surface area contributed by atoms with Crippen LogP contribution in [0.5, 0.6) is 0 Å². The van der Waals surface area contributed by atoms with Gasteiger partial charge in [-0.3, -0.25) is 15.0 Å². The standard InChI is InChI=1S/C23H26N4O4S/c1-17-9-10-20(27(28)29)14-23(17)32(30,31)24-15-22(21-8-5-12-25(21)2)26-13-11-18-6-3-4-7-19(18)16-26/h3-10,12,14,22,24H,11,13,15-16H2,1-2H3. The number of aryl methyl sites for hydroxylation is 2. The summed E-state index contributed by atoms with van der Waals surface area (Å²) < 4.78 is 30.9. The fraction of sp³-hybridized carbons (Fsp3) is 0.304. The van der Waals surface area contributed by atoms with Crippen LogP contribution in [0.4, 0.5) is 5.69 Å². The molecular formula is C23H26N4O4S. The fourth-order valence-corrected chi connectivity index (χ4v) is 5.58. The molecule has 3 aromatic rings. The molecule has 168 valence electrons. The van der Waals surface area contributed by atoms with Crippen molar-refractivity contribution < 1.29 is 13.3 Å². The van der Waals surface area contributed by atoms with Gasteiger partial charge in [-0.15, -0.1) is 0 Å². The monoisotopic (exact) mass is 454 g/mol. The first-order valence-corrected chi connectivity index (χ1v) is 11.9. The van der Waals surface area contributed by atoms with Crippen LogP contribution in [0.1, 0.15) is 28.4 Å². The summed E-state index contributed by atoms with van der Waals surface area (Å²) in [4.78, 5) is 12.8. The smallest absolute Gasteiger partial charge is 0.270 e. The number of nitrogens with zero attached hydrogens (tertiary/aromatic N) is 3. The molecule has 0 saturated heterocycles. The number of hydrogen-bond donors (Lipinski definition) is 1. The molecule has 2 aromatic carbocycles. The molecule has 9 heteroatoms. The highest BCUT2D eigenvalue weighted by Gasteiger charge is 2.29. The summed E-state index contributed by atoms with van der Waals surface area (Å²) in [7, 11) is -1.99. The molecule has 1 aliphatic rings. The predicted molar refractivity (Wildman–Crippen MR) is 122 cm³/mol. The summed E-state index contributed by atoms with van der Waals surface area (Å²) in [6, 6.07) is 16.0. The van der Waals surface area contributed by atoms with Crippen LogP contribution in [0.15, 0.2) is 65.7 Å². The SMILES string of the molecule is Cc1ccc([N+](=O)[O-])cc1S(=O)(=O)NCC(c1cccn1C)N1CCc2ccccc2C1. The quantitative estimate of drug-likeness (QED) is 0.436. The number of sulfonamides is 1. The van der Waals surface area contributed by atoms with E-state index in [1.807, 2.05) is 42.1 Å². The minimum Gasteiger partial charge on any atom is -0.353 e. The summed E-state index contributed by atoms with van der Waals surface area (Å²) in [5, 5.41) is 11.1. The van der Waals surface area contributed by atoms with E-state index in [-0.39, 0.29) is 23.2 Å². The van der Waals surface area contributed by atoms with Gasteiger partial charge in [0.05, 0.1) is 15.9 Å².